The van der Waals surface area contributed by atoms with Crippen LogP contribution in [0.4, 0.5) is 0 Å². The van der Waals surface area contributed by atoms with Crippen LogP contribution in [-0.2, 0) is 0 Å². The number of rotatable bonds is 2. The van der Waals surface area contributed by atoms with E-state index in [1.54, 1.807) is 36.4 Å². The number of carbonyl (C=O) groups excluding carboxylic acids is 1. The summed E-state index contributed by atoms with van der Waals surface area (Å²) >= 11 is 5.82. The van der Waals surface area contributed by atoms with Crippen molar-refractivity contribution in [3.8, 4) is 5.75 Å². The summed E-state index contributed by atoms with van der Waals surface area (Å²) in [6, 6.07) is 19.7. The molecule has 0 aliphatic heterocycles. The molecule has 0 radical (unpaired) electrons. The van der Waals surface area contributed by atoms with Crippen molar-refractivity contribution in [2.24, 2.45) is 0 Å². The predicted octanol–water partition coefficient (Wildman–Crippen LogP) is 5.46. The van der Waals surface area contributed by atoms with E-state index in [0.717, 1.165) is 21.9 Å². The maximum atomic E-state index is 12.2. The van der Waals surface area contributed by atoms with Crippen LogP contribution >= 0.6 is 11.6 Å². The van der Waals surface area contributed by atoms with E-state index in [4.69, 9.17) is 20.8 Å². The van der Waals surface area contributed by atoms with E-state index in [2.05, 4.69) is 0 Å². The number of halogens is 1. The Balaban J connectivity index is 1.70. The quantitative estimate of drug-likeness (QED) is 0.363. The molecular formula is C19H11ClO3. The van der Waals surface area contributed by atoms with Gasteiger partial charge in [0.25, 0.3) is 0 Å². The molecule has 0 fully saturated rings. The number of benzene rings is 3. The lowest BCUT2D eigenvalue weighted by Crippen LogP contribution is -2.07. The minimum atomic E-state index is -0.422. The van der Waals surface area contributed by atoms with E-state index in [1.165, 1.54) is 0 Å². The van der Waals surface area contributed by atoms with Crippen LogP contribution in [0.1, 0.15) is 10.4 Å². The molecule has 0 aliphatic carbocycles. The van der Waals surface area contributed by atoms with E-state index < -0.39 is 5.97 Å². The van der Waals surface area contributed by atoms with Gasteiger partial charge in [-0.2, -0.15) is 0 Å². The maximum absolute atomic E-state index is 12.2. The van der Waals surface area contributed by atoms with Crippen molar-refractivity contribution in [3.63, 3.8) is 0 Å². The van der Waals surface area contributed by atoms with Gasteiger partial charge < -0.3 is 9.15 Å². The molecule has 3 nitrogen and oxygen atoms in total. The van der Waals surface area contributed by atoms with Crippen LogP contribution in [-0.4, -0.2) is 5.97 Å². The molecule has 0 N–H and O–H groups in total. The third-order valence-electron chi connectivity index (χ3n) is 3.64. The number of hydrogen-bond acceptors (Lipinski definition) is 3. The van der Waals surface area contributed by atoms with Crippen LogP contribution in [0.3, 0.4) is 0 Å². The highest BCUT2D eigenvalue weighted by Crippen LogP contribution is 2.31. The highest BCUT2D eigenvalue weighted by molar-refractivity contribution is 6.30. The summed E-state index contributed by atoms with van der Waals surface area (Å²) in [5.41, 5.74) is 2.02. The Morgan fingerprint density at radius 1 is 0.870 bits per heavy atom. The highest BCUT2D eigenvalue weighted by atomic mass is 35.5. The molecule has 4 heteroatoms. The Hall–Kier alpha value is -2.78. The van der Waals surface area contributed by atoms with Gasteiger partial charge in [-0.15, -0.1) is 0 Å². The second-order valence-electron chi connectivity index (χ2n) is 5.15. The SMILES string of the molecule is O=C(Oc1ccc2oc3ccccc3c2c1)c1ccc(Cl)cc1. The van der Waals surface area contributed by atoms with Crippen LogP contribution in [0.2, 0.25) is 5.02 Å². The normalized spacial score (nSPS) is 11.0. The van der Waals surface area contributed by atoms with E-state index in [-0.39, 0.29) is 0 Å². The Labute approximate surface area is 137 Å². The summed E-state index contributed by atoms with van der Waals surface area (Å²) in [6.07, 6.45) is 0. The zero-order valence-corrected chi connectivity index (χ0v) is 12.7. The first-order valence-electron chi connectivity index (χ1n) is 7.10. The first-order valence-corrected chi connectivity index (χ1v) is 7.47. The Bertz CT molecular complexity index is 1020. The Morgan fingerprint density at radius 2 is 1.61 bits per heavy atom. The second kappa shape index (κ2) is 5.45. The lowest BCUT2D eigenvalue weighted by Gasteiger charge is -2.04. The van der Waals surface area contributed by atoms with Crippen LogP contribution < -0.4 is 4.74 Å². The van der Waals surface area contributed by atoms with E-state index in [9.17, 15) is 4.79 Å². The van der Waals surface area contributed by atoms with Gasteiger partial charge in [0.2, 0.25) is 0 Å². The number of carbonyl (C=O) groups is 1. The van der Waals surface area contributed by atoms with Crippen LogP contribution in [0.15, 0.2) is 71.1 Å². The molecule has 0 saturated carbocycles. The van der Waals surface area contributed by atoms with Crippen molar-refractivity contribution in [2.45, 2.75) is 0 Å². The molecule has 0 amide bonds. The first-order chi connectivity index (χ1) is 11.2. The van der Waals surface area contributed by atoms with E-state index in [1.807, 2.05) is 30.3 Å². The fraction of sp³-hybridized carbons (Fsp3) is 0. The molecule has 0 spiro atoms. The molecule has 3 aromatic carbocycles. The summed E-state index contributed by atoms with van der Waals surface area (Å²) in [7, 11) is 0. The van der Waals surface area contributed by atoms with Crippen molar-refractivity contribution in [1.29, 1.82) is 0 Å². The van der Waals surface area contributed by atoms with Crippen molar-refractivity contribution >= 4 is 39.5 Å². The van der Waals surface area contributed by atoms with Gasteiger partial charge in [0.05, 0.1) is 5.56 Å². The zero-order valence-electron chi connectivity index (χ0n) is 12.0. The Kier molecular flexibility index (Phi) is 3.28. The summed E-state index contributed by atoms with van der Waals surface area (Å²) < 4.78 is 11.2. The monoisotopic (exact) mass is 322 g/mol. The molecule has 0 bridgehead atoms. The molecule has 1 aromatic heterocycles. The molecule has 4 rings (SSSR count). The first kappa shape index (κ1) is 13.9. The molecule has 0 atom stereocenters. The molecule has 0 aliphatic rings. The van der Waals surface area contributed by atoms with Gasteiger partial charge in [-0.05, 0) is 48.5 Å². The average molecular weight is 323 g/mol. The topological polar surface area (TPSA) is 39.4 Å². The van der Waals surface area contributed by atoms with Crippen molar-refractivity contribution in [2.75, 3.05) is 0 Å². The smallest absolute Gasteiger partial charge is 0.343 e. The number of furan rings is 1. The summed E-state index contributed by atoms with van der Waals surface area (Å²) in [6.45, 7) is 0. The number of hydrogen-bond donors (Lipinski definition) is 0. The molecule has 1 heterocycles. The average Bonchev–Trinajstić information content (AvgIpc) is 2.93. The van der Waals surface area contributed by atoms with Gasteiger partial charge in [0.15, 0.2) is 0 Å². The number of esters is 1. The highest BCUT2D eigenvalue weighted by Gasteiger charge is 2.11. The molecule has 112 valence electrons. The van der Waals surface area contributed by atoms with Crippen molar-refractivity contribution in [3.05, 3.63) is 77.3 Å². The molecule has 0 unspecified atom stereocenters. The molecule has 23 heavy (non-hydrogen) atoms. The minimum Gasteiger partial charge on any atom is -0.456 e. The van der Waals surface area contributed by atoms with Crippen molar-refractivity contribution in [1.82, 2.24) is 0 Å². The second-order valence-corrected chi connectivity index (χ2v) is 5.59. The fourth-order valence-electron chi connectivity index (χ4n) is 2.52. The zero-order chi connectivity index (χ0) is 15.8. The largest absolute Gasteiger partial charge is 0.456 e. The van der Waals surface area contributed by atoms with Gasteiger partial charge in [-0.25, -0.2) is 4.79 Å². The van der Waals surface area contributed by atoms with E-state index >= 15 is 0 Å². The summed E-state index contributed by atoms with van der Waals surface area (Å²) in [5.74, 6) is 0.0535. The van der Waals surface area contributed by atoms with Crippen LogP contribution in [0.25, 0.3) is 21.9 Å². The van der Waals surface area contributed by atoms with Gasteiger partial charge in [0, 0.05) is 15.8 Å². The summed E-state index contributed by atoms with van der Waals surface area (Å²) in [4.78, 5) is 12.2. The Morgan fingerprint density at radius 3 is 2.43 bits per heavy atom. The standard InChI is InChI=1S/C19H11ClO3/c20-13-7-5-12(6-8-13)19(21)22-14-9-10-18-16(11-14)15-3-1-2-4-17(15)23-18/h1-11H. The predicted molar refractivity (Wildman–Crippen MR) is 90.1 cm³/mol. The number of ether oxygens (including phenoxy) is 1. The van der Waals surface area contributed by atoms with Gasteiger partial charge in [0.1, 0.15) is 16.9 Å². The molecule has 4 aromatic rings. The van der Waals surface area contributed by atoms with E-state index in [0.29, 0.717) is 16.3 Å². The van der Waals surface area contributed by atoms with Crippen LogP contribution in [0, 0.1) is 0 Å². The lowest BCUT2D eigenvalue weighted by molar-refractivity contribution is 0.0735. The number of fused-ring (bicyclic) bond motifs is 3. The molecule has 0 saturated heterocycles. The number of para-hydroxylation sites is 1. The fourth-order valence-corrected chi connectivity index (χ4v) is 2.65. The maximum Gasteiger partial charge on any atom is 0.343 e. The van der Waals surface area contributed by atoms with Gasteiger partial charge >= 0.3 is 5.97 Å². The summed E-state index contributed by atoms with van der Waals surface area (Å²) in [5, 5.41) is 2.49. The minimum absolute atomic E-state index is 0.422. The van der Waals surface area contributed by atoms with Gasteiger partial charge in [-0.1, -0.05) is 29.8 Å². The van der Waals surface area contributed by atoms with Crippen molar-refractivity contribution < 1.29 is 13.9 Å². The third kappa shape index (κ3) is 2.56. The lowest BCUT2D eigenvalue weighted by atomic mass is 10.1. The molecular weight excluding hydrogens is 312 g/mol. The van der Waals surface area contributed by atoms with Crippen LogP contribution in [0.5, 0.6) is 5.75 Å². The third-order valence-corrected chi connectivity index (χ3v) is 3.89. The van der Waals surface area contributed by atoms with Gasteiger partial charge in [-0.3, -0.25) is 0 Å².